The van der Waals surface area contributed by atoms with Crippen LogP contribution >= 0.6 is 0 Å². The Labute approximate surface area is 160 Å². The second kappa shape index (κ2) is 5.03. The van der Waals surface area contributed by atoms with E-state index in [1.807, 2.05) is 0 Å². The number of fused-ring (bicyclic) bond motifs is 4. The molecule has 2 aliphatic rings. The molecule has 0 fully saturated rings. The monoisotopic (exact) mass is 346 g/mol. The summed E-state index contributed by atoms with van der Waals surface area (Å²) >= 11 is 0. The van der Waals surface area contributed by atoms with Crippen LogP contribution in [-0.2, 0) is 16.2 Å². The third-order valence-electron chi connectivity index (χ3n) is 7.73. The van der Waals surface area contributed by atoms with E-state index in [9.17, 15) is 0 Å². The molecule has 0 nitrogen and oxygen atoms in total. The van der Waals surface area contributed by atoms with Crippen LogP contribution in [0.15, 0.2) is 18.2 Å². The molecule has 1 spiro atoms. The van der Waals surface area contributed by atoms with Crippen molar-refractivity contribution < 1.29 is 0 Å². The molecule has 1 unspecified atom stereocenters. The Balaban J connectivity index is 2.12. The molecule has 0 N–H and O–H groups in total. The zero-order valence-electron chi connectivity index (χ0n) is 18.1. The van der Waals surface area contributed by atoms with Gasteiger partial charge in [0.25, 0.3) is 0 Å². The largest absolute Gasteiger partial charge is 0.0558 e. The highest BCUT2D eigenvalue weighted by Crippen LogP contribution is 2.64. The van der Waals surface area contributed by atoms with Crippen molar-refractivity contribution in [2.24, 2.45) is 0 Å². The second-order valence-electron chi connectivity index (χ2n) is 10.6. The lowest BCUT2D eigenvalue weighted by Gasteiger charge is -2.32. The van der Waals surface area contributed by atoms with Gasteiger partial charge in [-0.05, 0) is 108 Å². The van der Waals surface area contributed by atoms with Crippen molar-refractivity contribution in [1.29, 1.82) is 0 Å². The van der Waals surface area contributed by atoms with Crippen LogP contribution in [0.4, 0.5) is 0 Å². The minimum atomic E-state index is 0.179. The maximum atomic E-state index is 2.53. The first kappa shape index (κ1) is 17.8. The average Bonchev–Trinajstić information content (AvgIpc) is 2.86. The fourth-order valence-electron chi connectivity index (χ4n) is 6.27. The van der Waals surface area contributed by atoms with Gasteiger partial charge in [-0.3, -0.25) is 0 Å². The van der Waals surface area contributed by atoms with Gasteiger partial charge in [0, 0.05) is 5.41 Å². The summed E-state index contributed by atoms with van der Waals surface area (Å²) < 4.78 is 0. The molecule has 2 aromatic carbocycles. The Morgan fingerprint density at radius 1 is 0.577 bits per heavy atom. The number of hydrogen-bond donors (Lipinski definition) is 0. The molecule has 1 atom stereocenters. The van der Waals surface area contributed by atoms with Crippen molar-refractivity contribution in [2.45, 2.75) is 91.4 Å². The molecular weight excluding hydrogens is 312 g/mol. The van der Waals surface area contributed by atoms with Gasteiger partial charge in [0.05, 0.1) is 0 Å². The van der Waals surface area contributed by atoms with Gasteiger partial charge < -0.3 is 0 Å². The topological polar surface area (TPSA) is 0 Å². The predicted octanol–water partition coefficient (Wildman–Crippen LogP) is 6.88. The van der Waals surface area contributed by atoms with Crippen LogP contribution in [0.25, 0.3) is 0 Å². The molecule has 0 radical (unpaired) electrons. The average molecular weight is 347 g/mol. The molecule has 0 aromatic heterocycles. The first-order valence-electron chi connectivity index (χ1n) is 10.1. The van der Waals surface area contributed by atoms with Gasteiger partial charge in [-0.2, -0.15) is 0 Å². The number of benzene rings is 2. The molecule has 0 saturated heterocycles. The van der Waals surface area contributed by atoms with Gasteiger partial charge in [0.2, 0.25) is 0 Å². The molecule has 4 rings (SSSR count). The van der Waals surface area contributed by atoms with Crippen LogP contribution in [-0.4, -0.2) is 0 Å². The summed E-state index contributed by atoms with van der Waals surface area (Å²) in [5.74, 6) is 0. The minimum absolute atomic E-state index is 0.179. The fraction of sp³-hybridized carbons (Fsp3) is 0.538. The summed E-state index contributed by atoms with van der Waals surface area (Å²) in [7, 11) is 0. The zero-order chi connectivity index (χ0) is 19.2. The Morgan fingerprint density at radius 3 is 1.62 bits per heavy atom. The molecule has 0 saturated carbocycles. The van der Waals surface area contributed by atoms with Gasteiger partial charge in [0.1, 0.15) is 0 Å². The predicted molar refractivity (Wildman–Crippen MR) is 113 cm³/mol. The van der Waals surface area contributed by atoms with Crippen LogP contribution in [0.3, 0.4) is 0 Å². The van der Waals surface area contributed by atoms with Crippen molar-refractivity contribution >= 4 is 0 Å². The van der Waals surface area contributed by atoms with E-state index in [2.05, 4.69) is 80.5 Å². The van der Waals surface area contributed by atoms with Crippen LogP contribution in [0, 0.1) is 34.6 Å². The molecule has 2 aromatic rings. The van der Waals surface area contributed by atoms with Gasteiger partial charge >= 0.3 is 0 Å². The highest BCUT2D eigenvalue weighted by Gasteiger charge is 2.56. The van der Waals surface area contributed by atoms with Crippen molar-refractivity contribution in [3.8, 4) is 0 Å². The highest BCUT2D eigenvalue weighted by molar-refractivity contribution is 5.64. The number of aryl methyl sites for hydroxylation is 3. The normalized spacial score (nSPS) is 24.8. The molecule has 0 heterocycles. The van der Waals surface area contributed by atoms with Gasteiger partial charge in [-0.25, -0.2) is 0 Å². The summed E-state index contributed by atoms with van der Waals surface area (Å²) in [6.07, 6.45) is 2.47. The SMILES string of the molecule is Cc1cc2c(cc1C)C1(CC2(C)C)CC(C)(C)c2cc(C)c(C)c(C)c21. The van der Waals surface area contributed by atoms with Crippen LogP contribution in [0.5, 0.6) is 0 Å². The zero-order valence-corrected chi connectivity index (χ0v) is 18.1. The summed E-state index contributed by atoms with van der Waals surface area (Å²) in [6.45, 7) is 21.3. The molecule has 0 amide bonds. The van der Waals surface area contributed by atoms with Crippen molar-refractivity contribution in [3.63, 3.8) is 0 Å². The number of rotatable bonds is 0. The summed E-state index contributed by atoms with van der Waals surface area (Å²) in [6, 6.07) is 7.51. The Hall–Kier alpha value is -1.56. The molecule has 0 aliphatic heterocycles. The second-order valence-corrected chi connectivity index (χ2v) is 10.6. The minimum Gasteiger partial charge on any atom is -0.0558 e. The molecule has 138 valence electrons. The van der Waals surface area contributed by atoms with Crippen LogP contribution < -0.4 is 0 Å². The third kappa shape index (κ3) is 2.08. The van der Waals surface area contributed by atoms with E-state index >= 15 is 0 Å². The highest BCUT2D eigenvalue weighted by atomic mass is 14.6. The fourth-order valence-corrected chi connectivity index (χ4v) is 6.27. The Morgan fingerprint density at radius 2 is 1.04 bits per heavy atom. The molecule has 2 aliphatic carbocycles. The lowest BCUT2D eigenvalue weighted by Crippen LogP contribution is -2.27. The van der Waals surface area contributed by atoms with Crippen molar-refractivity contribution in [1.82, 2.24) is 0 Å². The van der Waals surface area contributed by atoms with E-state index in [0.29, 0.717) is 0 Å². The number of hydrogen-bond acceptors (Lipinski definition) is 0. The lowest BCUT2D eigenvalue weighted by molar-refractivity contribution is 0.349. The summed E-state index contributed by atoms with van der Waals surface area (Å²) in [5, 5.41) is 0. The first-order chi connectivity index (χ1) is 11.9. The van der Waals surface area contributed by atoms with E-state index in [1.54, 1.807) is 22.3 Å². The third-order valence-corrected chi connectivity index (χ3v) is 7.73. The van der Waals surface area contributed by atoms with Gasteiger partial charge in [-0.15, -0.1) is 0 Å². The van der Waals surface area contributed by atoms with E-state index in [0.717, 1.165) is 0 Å². The molecule has 0 heteroatoms. The van der Waals surface area contributed by atoms with E-state index in [4.69, 9.17) is 0 Å². The summed E-state index contributed by atoms with van der Waals surface area (Å²) in [5.41, 5.74) is 14.4. The Kier molecular flexibility index (Phi) is 3.45. The van der Waals surface area contributed by atoms with Crippen molar-refractivity contribution in [3.05, 3.63) is 68.3 Å². The molecular formula is C26H34. The molecule has 26 heavy (non-hydrogen) atoms. The summed E-state index contributed by atoms with van der Waals surface area (Å²) in [4.78, 5) is 0. The standard InChI is InChI=1S/C26H34/c1-15-10-20-21(11-16(15)2)26(13-24(20,6)7)14-25(8,9)22-12-17(3)18(4)19(5)23(22)26/h10-12H,13-14H2,1-9H3. The van der Waals surface area contributed by atoms with E-state index in [-0.39, 0.29) is 16.2 Å². The maximum Gasteiger partial charge on any atom is 0.0228 e. The maximum absolute atomic E-state index is 2.53. The van der Waals surface area contributed by atoms with E-state index in [1.165, 1.54) is 40.7 Å². The van der Waals surface area contributed by atoms with Gasteiger partial charge in [0.15, 0.2) is 0 Å². The van der Waals surface area contributed by atoms with Crippen LogP contribution in [0.1, 0.15) is 90.6 Å². The van der Waals surface area contributed by atoms with Crippen molar-refractivity contribution in [2.75, 3.05) is 0 Å². The quantitative estimate of drug-likeness (QED) is 0.488. The Bertz CT molecular complexity index is 935. The lowest BCUT2D eigenvalue weighted by atomic mass is 9.71. The van der Waals surface area contributed by atoms with Gasteiger partial charge in [-0.1, -0.05) is 45.9 Å². The first-order valence-corrected chi connectivity index (χ1v) is 10.1. The smallest absolute Gasteiger partial charge is 0.0228 e. The molecule has 0 bridgehead atoms. The van der Waals surface area contributed by atoms with Crippen LogP contribution in [0.2, 0.25) is 0 Å². The van der Waals surface area contributed by atoms with E-state index < -0.39 is 0 Å².